The lowest BCUT2D eigenvalue weighted by Gasteiger charge is -2.36. The summed E-state index contributed by atoms with van der Waals surface area (Å²) < 4.78 is 0. The maximum atomic E-state index is 12.0. The Hall–Kier alpha value is -1.85. The molecule has 2 unspecified atom stereocenters. The predicted molar refractivity (Wildman–Crippen MR) is 64.1 cm³/mol. The maximum absolute atomic E-state index is 12.0. The summed E-state index contributed by atoms with van der Waals surface area (Å²) in [7, 11) is 0. The number of carboxylic acid groups (broad SMARTS) is 1. The van der Waals surface area contributed by atoms with Crippen LogP contribution in [0.1, 0.15) is 43.0 Å². The summed E-state index contributed by atoms with van der Waals surface area (Å²) in [6, 6.07) is 0. The number of aromatic amines is 1. The minimum atomic E-state index is -1.13. The Labute approximate surface area is 105 Å². The first-order chi connectivity index (χ1) is 8.53. The number of nitrogens with zero attached hydrogens (tertiary/aromatic N) is 1. The van der Waals surface area contributed by atoms with E-state index in [1.807, 2.05) is 6.92 Å². The fourth-order valence-corrected chi connectivity index (χ4v) is 2.58. The second-order valence-corrected chi connectivity index (χ2v) is 5.03. The molecule has 0 aliphatic heterocycles. The minimum Gasteiger partial charge on any atom is -0.480 e. The van der Waals surface area contributed by atoms with Crippen LogP contribution in [0, 0.1) is 5.92 Å². The molecule has 6 heteroatoms. The van der Waals surface area contributed by atoms with Crippen molar-refractivity contribution in [2.45, 2.75) is 38.1 Å². The Bertz CT molecular complexity index is 443. The number of hydrogen-bond donors (Lipinski definition) is 3. The molecule has 6 nitrogen and oxygen atoms in total. The van der Waals surface area contributed by atoms with Crippen LogP contribution in [0.4, 0.5) is 0 Å². The number of rotatable bonds is 3. The number of aromatic nitrogens is 2. The van der Waals surface area contributed by atoms with Crippen molar-refractivity contribution in [2.75, 3.05) is 0 Å². The van der Waals surface area contributed by atoms with Gasteiger partial charge in [-0.2, -0.15) is 5.10 Å². The Kier molecular flexibility index (Phi) is 3.36. The molecule has 1 fully saturated rings. The average Bonchev–Trinajstić information content (AvgIpc) is 2.82. The highest BCUT2D eigenvalue weighted by Crippen LogP contribution is 2.32. The molecule has 1 aromatic heterocycles. The molecule has 0 radical (unpaired) electrons. The number of H-pyrrole nitrogens is 1. The van der Waals surface area contributed by atoms with Gasteiger partial charge in [-0.1, -0.05) is 19.8 Å². The Morgan fingerprint density at radius 2 is 2.39 bits per heavy atom. The van der Waals surface area contributed by atoms with Crippen LogP contribution >= 0.6 is 0 Å². The first-order valence-corrected chi connectivity index (χ1v) is 6.08. The molecule has 0 spiro atoms. The normalized spacial score (nSPS) is 27.7. The molecule has 1 saturated carbocycles. The second kappa shape index (κ2) is 4.80. The van der Waals surface area contributed by atoms with E-state index in [-0.39, 0.29) is 5.91 Å². The van der Waals surface area contributed by atoms with Crippen LogP contribution < -0.4 is 5.32 Å². The molecule has 18 heavy (non-hydrogen) atoms. The van der Waals surface area contributed by atoms with E-state index in [4.69, 9.17) is 0 Å². The van der Waals surface area contributed by atoms with Gasteiger partial charge in [0, 0.05) is 6.20 Å². The topological polar surface area (TPSA) is 95.1 Å². The number of carbonyl (C=O) groups is 2. The fourth-order valence-electron chi connectivity index (χ4n) is 2.58. The number of carboxylic acids is 1. The fraction of sp³-hybridized carbons (Fsp3) is 0.583. The first kappa shape index (κ1) is 12.6. The molecule has 0 bridgehead atoms. The van der Waals surface area contributed by atoms with Crippen LogP contribution in [0.25, 0.3) is 0 Å². The molecule has 1 amide bonds. The average molecular weight is 251 g/mol. The van der Waals surface area contributed by atoms with E-state index in [9.17, 15) is 14.7 Å². The van der Waals surface area contributed by atoms with Gasteiger partial charge in [-0.25, -0.2) is 4.79 Å². The van der Waals surface area contributed by atoms with Gasteiger partial charge < -0.3 is 10.4 Å². The van der Waals surface area contributed by atoms with Crippen LogP contribution in [0.15, 0.2) is 12.4 Å². The highest BCUT2D eigenvalue weighted by atomic mass is 16.4. The molecule has 0 saturated heterocycles. The standard InChI is InChI=1S/C12H17N3O3/c1-8-3-2-4-12(5-8,11(17)18)15-10(16)9-6-13-14-7-9/h6-8H,2-5H2,1H3,(H,13,14)(H,15,16)(H,17,18). The summed E-state index contributed by atoms with van der Waals surface area (Å²) in [4.78, 5) is 23.4. The van der Waals surface area contributed by atoms with Gasteiger partial charge in [0.1, 0.15) is 5.54 Å². The van der Waals surface area contributed by atoms with Crippen molar-refractivity contribution in [1.29, 1.82) is 0 Å². The third-order valence-electron chi connectivity index (χ3n) is 3.52. The van der Waals surface area contributed by atoms with E-state index in [0.29, 0.717) is 24.3 Å². The minimum absolute atomic E-state index is 0.305. The van der Waals surface area contributed by atoms with Crippen molar-refractivity contribution in [1.82, 2.24) is 15.5 Å². The quantitative estimate of drug-likeness (QED) is 0.751. The van der Waals surface area contributed by atoms with Crippen LogP contribution in [-0.4, -0.2) is 32.7 Å². The monoisotopic (exact) mass is 251 g/mol. The summed E-state index contributed by atoms with van der Waals surface area (Å²) in [6.45, 7) is 2.01. The van der Waals surface area contributed by atoms with Gasteiger partial charge in [0.05, 0.1) is 11.8 Å². The summed E-state index contributed by atoms with van der Waals surface area (Å²) in [6.07, 6.45) is 5.63. The van der Waals surface area contributed by atoms with Crippen molar-refractivity contribution >= 4 is 11.9 Å². The summed E-state index contributed by atoms with van der Waals surface area (Å²) in [5.41, 5.74) is -0.777. The number of nitrogens with one attached hydrogen (secondary N) is 2. The lowest BCUT2D eigenvalue weighted by atomic mass is 9.76. The smallest absolute Gasteiger partial charge is 0.329 e. The van der Waals surface area contributed by atoms with Crippen molar-refractivity contribution in [3.05, 3.63) is 18.0 Å². The molecule has 2 rings (SSSR count). The Morgan fingerprint density at radius 3 is 2.94 bits per heavy atom. The van der Waals surface area contributed by atoms with Gasteiger partial charge >= 0.3 is 5.97 Å². The number of hydrogen-bond acceptors (Lipinski definition) is 3. The molecule has 1 heterocycles. The Balaban J connectivity index is 2.16. The van der Waals surface area contributed by atoms with Gasteiger partial charge in [-0.3, -0.25) is 9.89 Å². The SMILES string of the molecule is CC1CCCC(NC(=O)c2cn[nH]c2)(C(=O)O)C1. The van der Waals surface area contributed by atoms with E-state index in [1.54, 1.807) is 0 Å². The first-order valence-electron chi connectivity index (χ1n) is 6.08. The number of amides is 1. The largest absolute Gasteiger partial charge is 0.480 e. The highest BCUT2D eigenvalue weighted by molar-refractivity contribution is 5.97. The number of aliphatic carboxylic acids is 1. The van der Waals surface area contributed by atoms with E-state index in [2.05, 4.69) is 15.5 Å². The molecule has 98 valence electrons. The molecular weight excluding hydrogens is 234 g/mol. The molecule has 2 atom stereocenters. The van der Waals surface area contributed by atoms with Crippen LogP contribution in [-0.2, 0) is 4.79 Å². The van der Waals surface area contributed by atoms with Gasteiger partial charge in [-0.15, -0.1) is 0 Å². The lowest BCUT2D eigenvalue weighted by molar-refractivity contribution is -0.146. The molecule has 1 aromatic rings. The zero-order valence-corrected chi connectivity index (χ0v) is 10.3. The Morgan fingerprint density at radius 1 is 1.61 bits per heavy atom. The second-order valence-electron chi connectivity index (χ2n) is 5.03. The van der Waals surface area contributed by atoms with Crippen molar-refractivity contribution in [3.8, 4) is 0 Å². The lowest BCUT2D eigenvalue weighted by Crippen LogP contribution is -2.56. The summed E-state index contributed by atoms with van der Waals surface area (Å²) >= 11 is 0. The summed E-state index contributed by atoms with van der Waals surface area (Å²) in [5, 5.41) is 18.3. The van der Waals surface area contributed by atoms with Crippen LogP contribution in [0.5, 0.6) is 0 Å². The van der Waals surface area contributed by atoms with E-state index in [0.717, 1.165) is 12.8 Å². The maximum Gasteiger partial charge on any atom is 0.329 e. The molecular formula is C12H17N3O3. The van der Waals surface area contributed by atoms with Crippen LogP contribution in [0.2, 0.25) is 0 Å². The molecule has 0 aromatic carbocycles. The van der Waals surface area contributed by atoms with Crippen molar-refractivity contribution in [3.63, 3.8) is 0 Å². The van der Waals surface area contributed by atoms with Gasteiger partial charge in [-0.05, 0) is 18.8 Å². The third-order valence-corrected chi connectivity index (χ3v) is 3.52. The van der Waals surface area contributed by atoms with E-state index in [1.165, 1.54) is 12.4 Å². The van der Waals surface area contributed by atoms with Crippen molar-refractivity contribution in [2.24, 2.45) is 5.92 Å². The number of carbonyl (C=O) groups excluding carboxylic acids is 1. The zero-order valence-electron chi connectivity index (χ0n) is 10.3. The summed E-state index contributed by atoms with van der Waals surface area (Å²) in [5.74, 6) is -1.04. The molecule has 1 aliphatic rings. The van der Waals surface area contributed by atoms with Crippen molar-refractivity contribution < 1.29 is 14.7 Å². The van der Waals surface area contributed by atoms with Gasteiger partial charge in [0.2, 0.25) is 0 Å². The molecule has 3 N–H and O–H groups in total. The van der Waals surface area contributed by atoms with Crippen LogP contribution in [0.3, 0.4) is 0 Å². The van der Waals surface area contributed by atoms with E-state index < -0.39 is 11.5 Å². The zero-order chi connectivity index (χ0) is 13.2. The van der Waals surface area contributed by atoms with E-state index >= 15 is 0 Å². The highest BCUT2D eigenvalue weighted by Gasteiger charge is 2.43. The predicted octanol–water partition coefficient (Wildman–Crippen LogP) is 1.17. The van der Waals surface area contributed by atoms with Gasteiger partial charge in [0.25, 0.3) is 5.91 Å². The molecule has 1 aliphatic carbocycles. The van der Waals surface area contributed by atoms with Gasteiger partial charge in [0.15, 0.2) is 0 Å². The third kappa shape index (κ3) is 2.37.